The number of pyridine rings is 1. The number of aromatic nitrogens is 1. The maximum absolute atomic E-state index is 12.2. The molecule has 116 valence electrons. The zero-order chi connectivity index (χ0) is 16.1. The summed E-state index contributed by atoms with van der Waals surface area (Å²) in [6, 6.07) is 15.8. The van der Waals surface area contributed by atoms with Gasteiger partial charge in [-0.15, -0.1) is 0 Å². The summed E-state index contributed by atoms with van der Waals surface area (Å²) >= 11 is 0. The number of furan rings is 1. The van der Waals surface area contributed by atoms with E-state index in [1.807, 2.05) is 12.1 Å². The molecule has 2 aromatic heterocycles. The average molecular weight is 308 g/mol. The summed E-state index contributed by atoms with van der Waals surface area (Å²) in [7, 11) is 0. The molecule has 0 unspecified atom stereocenters. The largest absolute Gasteiger partial charge is 0.467 e. The zero-order valence-corrected chi connectivity index (χ0v) is 12.4. The smallest absolute Gasteiger partial charge is 0.251 e. The van der Waals surface area contributed by atoms with Crippen LogP contribution in [0.25, 0.3) is 0 Å². The number of benzene rings is 1. The minimum absolute atomic E-state index is 0.0693. The molecule has 0 atom stereocenters. The molecule has 3 aromatic rings. The van der Waals surface area contributed by atoms with Crippen LogP contribution in [0.5, 0.6) is 0 Å². The summed E-state index contributed by atoms with van der Waals surface area (Å²) in [5.41, 5.74) is 1.38. The zero-order valence-electron chi connectivity index (χ0n) is 12.4. The van der Waals surface area contributed by atoms with Gasteiger partial charge in [-0.2, -0.15) is 0 Å². The first-order chi connectivity index (χ1) is 11.2. The van der Waals surface area contributed by atoms with Gasteiger partial charge >= 0.3 is 0 Å². The van der Waals surface area contributed by atoms with Crippen molar-refractivity contribution in [3.8, 4) is 0 Å². The Labute approximate surface area is 133 Å². The predicted molar refractivity (Wildman–Crippen MR) is 86.1 cm³/mol. The summed E-state index contributed by atoms with van der Waals surface area (Å²) in [5, 5.41) is 2.80. The van der Waals surface area contributed by atoms with Crippen molar-refractivity contribution in [3.63, 3.8) is 0 Å². The van der Waals surface area contributed by atoms with E-state index in [0.29, 0.717) is 24.4 Å². The second-order valence-corrected chi connectivity index (χ2v) is 5.13. The molecule has 1 aromatic carbocycles. The molecule has 2 heterocycles. The van der Waals surface area contributed by atoms with Crippen molar-refractivity contribution in [2.24, 2.45) is 0 Å². The maximum atomic E-state index is 12.2. The third-order valence-corrected chi connectivity index (χ3v) is 3.44. The molecule has 0 saturated carbocycles. The molecule has 23 heavy (non-hydrogen) atoms. The Balaban J connectivity index is 1.70. The highest BCUT2D eigenvalue weighted by atomic mass is 16.3. The minimum Gasteiger partial charge on any atom is -0.467 e. The van der Waals surface area contributed by atoms with Crippen LogP contribution in [-0.4, -0.2) is 10.5 Å². The van der Waals surface area contributed by atoms with E-state index in [9.17, 15) is 9.59 Å². The quantitative estimate of drug-likeness (QED) is 0.787. The van der Waals surface area contributed by atoms with Crippen molar-refractivity contribution >= 4 is 5.91 Å². The van der Waals surface area contributed by atoms with Crippen LogP contribution in [0.15, 0.2) is 76.3 Å². The fraction of sp³-hybridized carbons (Fsp3) is 0.111. The Bertz CT molecular complexity index is 850. The summed E-state index contributed by atoms with van der Waals surface area (Å²) in [6.45, 7) is 0.771. The van der Waals surface area contributed by atoms with E-state index in [0.717, 1.165) is 5.56 Å². The van der Waals surface area contributed by atoms with E-state index in [2.05, 4.69) is 5.32 Å². The molecule has 0 radical (unpaired) electrons. The second kappa shape index (κ2) is 6.79. The fourth-order valence-electron chi connectivity index (χ4n) is 2.28. The number of hydrogen-bond acceptors (Lipinski definition) is 3. The highest BCUT2D eigenvalue weighted by Gasteiger charge is 2.07. The van der Waals surface area contributed by atoms with Gasteiger partial charge in [0.25, 0.3) is 11.5 Å². The van der Waals surface area contributed by atoms with Crippen molar-refractivity contribution in [3.05, 3.63) is 94.3 Å². The molecular formula is C18H16N2O3. The lowest BCUT2D eigenvalue weighted by Crippen LogP contribution is -2.23. The normalized spacial score (nSPS) is 10.4. The van der Waals surface area contributed by atoms with Crippen molar-refractivity contribution in [1.82, 2.24) is 9.88 Å². The lowest BCUT2D eigenvalue weighted by atomic mass is 10.1. The van der Waals surface area contributed by atoms with E-state index in [-0.39, 0.29) is 11.5 Å². The van der Waals surface area contributed by atoms with Crippen LogP contribution in [0.4, 0.5) is 0 Å². The first-order valence-corrected chi connectivity index (χ1v) is 7.27. The van der Waals surface area contributed by atoms with Gasteiger partial charge in [-0.25, -0.2) is 0 Å². The van der Waals surface area contributed by atoms with Gasteiger partial charge in [0.2, 0.25) is 0 Å². The molecule has 0 aliphatic carbocycles. The molecule has 5 heteroatoms. The number of hydrogen-bond donors (Lipinski definition) is 1. The van der Waals surface area contributed by atoms with Gasteiger partial charge in [-0.3, -0.25) is 9.59 Å². The lowest BCUT2D eigenvalue weighted by molar-refractivity contribution is 0.0948. The molecule has 0 bridgehead atoms. The Kier molecular flexibility index (Phi) is 4.38. The van der Waals surface area contributed by atoms with Crippen molar-refractivity contribution in [2.45, 2.75) is 13.1 Å². The van der Waals surface area contributed by atoms with Crippen molar-refractivity contribution in [2.75, 3.05) is 0 Å². The number of carbonyl (C=O) groups excluding carboxylic acids is 1. The fourth-order valence-corrected chi connectivity index (χ4v) is 2.28. The van der Waals surface area contributed by atoms with Crippen LogP contribution in [0, 0.1) is 0 Å². The molecule has 0 aliphatic rings. The highest BCUT2D eigenvalue weighted by Crippen LogP contribution is 2.07. The highest BCUT2D eigenvalue weighted by molar-refractivity contribution is 5.94. The van der Waals surface area contributed by atoms with E-state index < -0.39 is 0 Å². The number of nitrogens with zero attached hydrogens (tertiary/aromatic N) is 1. The summed E-state index contributed by atoms with van der Waals surface area (Å²) in [4.78, 5) is 23.9. The molecular weight excluding hydrogens is 292 g/mol. The molecule has 1 amide bonds. The molecule has 0 spiro atoms. The topological polar surface area (TPSA) is 64.2 Å². The summed E-state index contributed by atoms with van der Waals surface area (Å²) in [6.07, 6.45) is 3.30. The van der Waals surface area contributed by atoms with Gasteiger partial charge in [0.05, 0.1) is 19.4 Å². The third-order valence-electron chi connectivity index (χ3n) is 3.44. The second-order valence-electron chi connectivity index (χ2n) is 5.13. The van der Waals surface area contributed by atoms with Crippen LogP contribution >= 0.6 is 0 Å². The SMILES string of the molecule is O=C(NCc1ccco1)c1cccc(Cn2ccccc2=O)c1. The standard InChI is InChI=1S/C18H16N2O3/c21-17-8-1-2-9-20(17)13-14-5-3-6-15(11-14)18(22)19-12-16-7-4-10-23-16/h1-11H,12-13H2,(H,19,22). The van der Waals surface area contributed by atoms with E-state index in [1.54, 1.807) is 53.4 Å². The van der Waals surface area contributed by atoms with Gasteiger partial charge in [0.15, 0.2) is 0 Å². The monoisotopic (exact) mass is 308 g/mol. The van der Waals surface area contributed by atoms with E-state index in [4.69, 9.17) is 4.42 Å². The molecule has 5 nitrogen and oxygen atoms in total. The van der Waals surface area contributed by atoms with Crippen LogP contribution < -0.4 is 10.9 Å². The van der Waals surface area contributed by atoms with Crippen LogP contribution in [0.2, 0.25) is 0 Å². The van der Waals surface area contributed by atoms with Crippen LogP contribution in [-0.2, 0) is 13.1 Å². The first kappa shape index (κ1) is 14.8. The number of carbonyl (C=O) groups is 1. The summed E-state index contributed by atoms with van der Waals surface area (Å²) in [5.74, 6) is 0.522. The Hall–Kier alpha value is -3.08. The molecule has 0 saturated heterocycles. The Morgan fingerprint density at radius 2 is 2.00 bits per heavy atom. The minimum atomic E-state index is -0.177. The molecule has 3 rings (SSSR count). The van der Waals surface area contributed by atoms with Crippen molar-refractivity contribution in [1.29, 1.82) is 0 Å². The van der Waals surface area contributed by atoms with Gasteiger partial charge in [0, 0.05) is 17.8 Å². The molecule has 1 N–H and O–H groups in total. The average Bonchev–Trinajstić information content (AvgIpc) is 3.08. The van der Waals surface area contributed by atoms with E-state index >= 15 is 0 Å². The lowest BCUT2D eigenvalue weighted by Gasteiger charge is -2.08. The Morgan fingerprint density at radius 1 is 1.09 bits per heavy atom. The predicted octanol–water partition coefficient (Wildman–Crippen LogP) is 2.42. The third kappa shape index (κ3) is 3.77. The molecule has 0 fully saturated rings. The molecule has 0 aliphatic heterocycles. The van der Waals surface area contributed by atoms with Crippen LogP contribution in [0.3, 0.4) is 0 Å². The summed E-state index contributed by atoms with van der Waals surface area (Å²) < 4.78 is 6.78. The Morgan fingerprint density at radius 3 is 2.78 bits per heavy atom. The van der Waals surface area contributed by atoms with Gasteiger partial charge in [-0.1, -0.05) is 18.2 Å². The van der Waals surface area contributed by atoms with Crippen LogP contribution in [0.1, 0.15) is 21.7 Å². The van der Waals surface area contributed by atoms with Gasteiger partial charge in [0.1, 0.15) is 5.76 Å². The first-order valence-electron chi connectivity index (χ1n) is 7.27. The van der Waals surface area contributed by atoms with Crippen molar-refractivity contribution < 1.29 is 9.21 Å². The number of amides is 1. The maximum Gasteiger partial charge on any atom is 0.251 e. The number of nitrogens with one attached hydrogen (secondary N) is 1. The van der Waals surface area contributed by atoms with Gasteiger partial charge in [-0.05, 0) is 35.9 Å². The number of rotatable bonds is 5. The van der Waals surface area contributed by atoms with Gasteiger partial charge < -0.3 is 14.3 Å². The van der Waals surface area contributed by atoms with E-state index in [1.165, 1.54) is 6.07 Å².